The molecule has 2 saturated heterocycles. The molecule has 48 heavy (non-hydrogen) atoms. The number of amides is 1. The van der Waals surface area contributed by atoms with Gasteiger partial charge in [0, 0.05) is 44.6 Å². The number of benzene rings is 3. The van der Waals surface area contributed by atoms with Crippen LogP contribution in [0.3, 0.4) is 0 Å². The first kappa shape index (κ1) is 34.3. The molecule has 3 fully saturated rings. The van der Waals surface area contributed by atoms with Crippen LogP contribution in [0.5, 0.6) is 0 Å². The Morgan fingerprint density at radius 3 is 2.40 bits per heavy atom. The fraction of sp³-hybridized carbons (Fsp3) is 0.500. The zero-order valence-electron chi connectivity index (χ0n) is 28.9. The van der Waals surface area contributed by atoms with Gasteiger partial charge >= 0.3 is 5.97 Å². The van der Waals surface area contributed by atoms with E-state index in [2.05, 4.69) is 73.5 Å². The van der Waals surface area contributed by atoms with Crippen molar-refractivity contribution in [3.63, 3.8) is 0 Å². The van der Waals surface area contributed by atoms with E-state index in [0.29, 0.717) is 23.4 Å². The van der Waals surface area contributed by atoms with Crippen LogP contribution in [0.4, 0.5) is 0 Å². The molecule has 2 unspecified atom stereocenters. The average molecular weight is 655 g/mol. The first-order chi connectivity index (χ1) is 22.9. The molecular weight excluding hydrogens is 604 g/mol. The molecule has 8 heteroatoms. The molecule has 3 aliphatic rings. The van der Waals surface area contributed by atoms with E-state index >= 15 is 0 Å². The number of ether oxygens (including phenoxy) is 3. The van der Waals surface area contributed by atoms with Crippen molar-refractivity contribution in [3.8, 4) is 11.1 Å². The third-order valence-corrected chi connectivity index (χ3v) is 10.2. The normalized spacial score (nSPS) is 27.3. The molecule has 1 aliphatic carbocycles. The zero-order chi connectivity index (χ0) is 34.1. The topological polar surface area (TPSA) is 97.3 Å². The predicted octanol–water partition coefficient (Wildman–Crippen LogP) is 6.86. The lowest BCUT2D eigenvalue weighted by atomic mass is 9.65. The molecule has 256 valence electrons. The van der Waals surface area contributed by atoms with Crippen molar-refractivity contribution >= 4 is 11.9 Å². The van der Waals surface area contributed by atoms with Gasteiger partial charge < -0.3 is 24.6 Å². The van der Waals surface area contributed by atoms with Crippen LogP contribution >= 0.6 is 0 Å². The summed E-state index contributed by atoms with van der Waals surface area (Å²) >= 11 is 0. The van der Waals surface area contributed by atoms with Crippen LogP contribution in [-0.2, 0) is 37.0 Å². The van der Waals surface area contributed by atoms with E-state index in [9.17, 15) is 14.7 Å². The van der Waals surface area contributed by atoms with Crippen LogP contribution < -0.4 is 5.32 Å². The minimum absolute atomic E-state index is 0.0187. The predicted molar refractivity (Wildman–Crippen MR) is 184 cm³/mol. The van der Waals surface area contributed by atoms with E-state index in [1.165, 1.54) is 26.2 Å². The number of carbonyl (C=O) groups is 2. The van der Waals surface area contributed by atoms with Gasteiger partial charge in [-0.15, -0.1) is 0 Å². The molecule has 0 spiro atoms. The molecular formula is C40H50N2O6. The summed E-state index contributed by atoms with van der Waals surface area (Å²) in [5, 5.41) is 12.4. The number of aliphatic hydroxyl groups excluding tert-OH is 1. The van der Waals surface area contributed by atoms with Crippen LogP contribution in [0.15, 0.2) is 72.8 Å². The van der Waals surface area contributed by atoms with Crippen molar-refractivity contribution in [1.82, 2.24) is 10.2 Å². The summed E-state index contributed by atoms with van der Waals surface area (Å²) in [6.07, 6.45) is 3.09. The summed E-state index contributed by atoms with van der Waals surface area (Å²) in [5.74, 6) is -0.818. The Balaban J connectivity index is 1.17. The Kier molecular flexibility index (Phi) is 10.1. The molecule has 0 radical (unpaired) electrons. The van der Waals surface area contributed by atoms with Crippen LogP contribution in [0.1, 0.15) is 94.9 Å². The van der Waals surface area contributed by atoms with Gasteiger partial charge in [-0.2, -0.15) is 0 Å². The van der Waals surface area contributed by atoms with Gasteiger partial charge in [0.2, 0.25) is 0 Å². The number of hydrogen-bond donors (Lipinski definition) is 2. The largest absolute Gasteiger partial charge is 0.453 e. The molecule has 2 heterocycles. The summed E-state index contributed by atoms with van der Waals surface area (Å²) in [4.78, 5) is 26.2. The number of aliphatic hydroxyl groups is 1. The highest BCUT2D eigenvalue weighted by molar-refractivity contribution is 5.82. The number of nitrogens with zero attached hydrogens (tertiary/aromatic N) is 1. The molecule has 3 aromatic rings. The van der Waals surface area contributed by atoms with Gasteiger partial charge in [0.05, 0.1) is 18.8 Å². The number of hydrogen-bond acceptors (Lipinski definition) is 7. The van der Waals surface area contributed by atoms with Gasteiger partial charge in [-0.3, -0.25) is 14.5 Å². The molecule has 1 saturated carbocycles. The maximum absolute atomic E-state index is 12.3. The van der Waals surface area contributed by atoms with Gasteiger partial charge in [0.25, 0.3) is 5.91 Å². The standard InChI is InChI=1S/C40H50N2O6/c1-26(46-27(2)44)37(45)41-21-29-7-6-8-33(17-29)30-13-15-32(16-14-30)38-47-35(18-36(48-38)31-11-9-28(23-43)10-12-31)22-42-25-40(5)20-34(42)19-39(3,4)24-40/h6-17,26,34-36,38,43H,18-25H2,1-5H3,(H,41,45)/t26-,34?,35+,36-,38-,40?/m0/s1. The van der Waals surface area contributed by atoms with E-state index in [0.717, 1.165) is 52.9 Å². The third-order valence-electron chi connectivity index (χ3n) is 10.2. The van der Waals surface area contributed by atoms with Crippen LogP contribution in [0, 0.1) is 10.8 Å². The lowest BCUT2D eigenvalue weighted by Crippen LogP contribution is -2.42. The molecule has 8 nitrogen and oxygen atoms in total. The summed E-state index contributed by atoms with van der Waals surface area (Å²) in [6.45, 7) is 12.5. The molecule has 3 aromatic carbocycles. The van der Waals surface area contributed by atoms with E-state index in [1.807, 2.05) is 30.3 Å². The van der Waals surface area contributed by atoms with Crippen molar-refractivity contribution in [2.75, 3.05) is 13.1 Å². The Bertz CT molecular complexity index is 1590. The molecule has 2 aliphatic heterocycles. The monoisotopic (exact) mass is 654 g/mol. The summed E-state index contributed by atoms with van der Waals surface area (Å²) in [6, 6.07) is 25.0. The SMILES string of the molecule is CC(=O)O[C@@H](C)C(=O)NCc1cccc(-c2ccc([C@H]3O[C@@H](CN4CC5(C)CC4CC(C)(C)C5)C[C@@H](c4ccc(CO)cc4)O3)cc2)c1. The highest BCUT2D eigenvalue weighted by Gasteiger charge is 2.50. The fourth-order valence-electron chi connectivity index (χ4n) is 8.41. The van der Waals surface area contributed by atoms with Gasteiger partial charge in [-0.1, -0.05) is 87.5 Å². The first-order valence-electron chi connectivity index (χ1n) is 17.3. The minimum Gasteiger partial charge on any atom is -0.453 e. The second kappa shape index (κ2) is 14.1. The van der Waals surface area contributed by atoms with Gasteiger partial charge in [-0.05, 0) is 70.9 Å². The van der Waals surface area contributed by atoms with Crippen molar-refractivity contribution < 1.29 is 28.9 Å². The van der Waals surface area contributed by atoms with Crippen LogP contribution in [0.2, 0.25) is 0 Å². The highest BCUT2D eigenvalue weighted by atomic mass is 16.7. The van der Waals surface area contributed by atoms with E-state index in [-0.39, 0.29) is 24.7 Å². The molecule has 0 aromatic heterocycles. The number of rotatable bonds is 10. The van der Waals surface area contributed by atoms with E-state index < -0.39 is 18.4 Å². The van der Waals surface area contributed by atoms with Crippen molar-refractivity contribution in [2.24, 2.45) is 10.8 Å². The number of carbonyl (C=O) groups excluding carboxylic acids is 2. The molecule has 6 rings (SSSR count). The molecule has 6 atom stereocenters. The van der Waals surface area contributed by atoms with Gasteiger partial charge in [0.1, 0.15) is 0 Å². The van der Waals surface area contributed by atoms with E-state index in [1.54, 1.807) is 6.92 Å². The summed E-state index contributed by atoms with van der Waals surface area (Å²) < 4.78 is 18.4. The van der Waals surface area contributed by atoms with Crippen molar-refractivity contribution in [1.29, 1.82) is 0 Å². The minimum atomic E-state index is -0.841. The highest BCUT2D eigenvalue weighted by Crippen LogP contribution is 2.53. The van der Waals surface area contributed by atoms with Crippen LogP contribution in [0.25, 0.3) is 11.1 Å². The summed E-state index contributed by atoms with van der Waals surface area (Å²) in [5.41, 5.74) is 6.70. The lowest BCUT2D eigenvalue weighted by Gasteiger charge is -2.41. The third kappa shape index (κ3) is 8.17. The fourth-order valence-corrected chi connectivity index (χ4v) is 8.41. The van der Waals surface area contributed by atoms with E-state index in [4.69, 9.17) is 14.2 Å². The van der Waals surface area contributed by atoms with Gasteiger partial charge in [-0.25, -0.2) is 0 Å². The van der Waals surface area contributed by atoms with Crippen molar-refractivity contribution in [2.45, 2.75) is 104 Å². The Morgan fingerprint density at radius 2 is 1.69 bits per heavy atom. The average Bonchev–Trinajstić information content (AvgIpc) is 3.30. The van der Waals surface area contributed by atoms with Crippen molar-refractivity contribution in [3.05, 3.63) is 95.1 Å². The maximum Gasteiger partial charge on any atom is 0.303 e. The van der Waals surface area contributed by atoms with Gasteiger partial charge in [0.15, 0.2) is 12.4 Å². The number of likely N-dealkylation sites (tertiary alicyclic amines) is 1. The Labute approximate surface area is 284 Å². The smallest absolute Gasteiger partial charge is 0.303 e. The maximum atomic E-state index is 12.3. The second-order valence-electron chi connectivity index (χ2n) is 15.3. The lowest BCUT2D eigenvalue weighted by molar-refractivity contribution is -0.253. The zero-order valence-corrected chi connectivity index (χ0v) is 28.9. The second-order valence-corrected chi connectivity index (χ2v) is 15.3. The molecule has 2 bridgehead atoms. The number of nitrogens with one attached hydrogen (secondary N) is 1. The summed E-state index contributed by atoms with van der Waals surface area (Å²) in [7, 11) is 0. The quantitative estimate of drug-likeness (QED) is 0.231. The Hall–Kier alpha value is -3.56. The number of fused-ring (bicyclic) bond motifs is 2. The van der Waals surface area contributed by atoms with Crippen LogP contribution in [-0.4, -0.2) is 53.2 Å². The molecule has 1 amide bonds. The Morgan fingerprint density at radius 1 is 0.958 bits per heavy atom. The number of esters is 1. The molecule has 2 N–H and O–H groups in total. The first-order valence-corrected chi connectivity index (χ1v) is 17.3.